The Morgan fingerprint density at radius 2 is 1.50 bits per heavy atom. The third-order valence-electron chi connectivity index (χ3n) is 7.49. The molecule has 2 amide bonds. The second-order valence-electron chi connectivity index (χ2n) is 11.1. The number of amides is 2. The highest BCUT2D eigenvalue weighted by atomic mass is 16.3. The number of piperazine rings is 1. The molecule has 42 heavy (non-hydrogen) atoms. The van der Waals surface area contributed by atoms with Gasteiger partial charge in [0.2, 0.25) is 0 Å². The van der Waals surface area contributed by atoms with Crippen LogP contribution in [0.3, 0.4) is 0 Å². The van der Waals surface area contributed by atoms with Crippen molar-refractivity contribution in [1.82, 2.24) is 10.2 Å². The van der Waals surface area contributed by atoms with Gasteiger partial charge >= 0.3 is 0 Å². The Morgan fingerprint density at radius 1 is 0.786 bits per heavy atom. The number of carbonyl (C=O) groups is 2. The van der Waals surface area contributed by atoms with E-state index in [0.717, 1.165) is 44.0 Å². The largest absolute Gasteiger partial charge is 0.456 e. The summed E-state index contributed by atoms with van der Waals surface area (Å²) in [6.45, 7) is 8.46. The maximum Gasteiger partial charge on any atom is 0.291 e. The monoisotopic (exact) mass is 565 g/mol. The Bertz CT molecular complexity index is 1550. The van der Waals surface area contributed by atoms with E-state index in [2.05, 4.69) is 68.7 Å². The van der Waals surface area contributed by atoms with Gasteiger partial charge in [0.1, 0.15) is 5.76 Å². The molecule has 0 spiro atoms. The van der Waals surface area contributed by atoms with Crippen molar-refractivity contribution in [2.75, 3.05) is 55.4 Å². The minimum absolute atomic E-state index is 0.201. The molecule has 2 heterocycles. The van der Waals surface area contributed by atoms with Crippen LogP contribution in [0.15, 0.2) is 83.3 Å². The standard InChI is InChI=1S/C34H39N5O3/c1-24-8-5-6-11-30(24)38-16-18-39(19-17-38)31-14-13-28(21-29(31)36-34(41)32-15-12-25(2)42-32)33(40)35-22-26-9-7-10-27(20-26)23-37(3)4/h5-15,20-21H,16-19,22-23H2,1-4H3,(H,35,40)(H,36,41). The molecule has 1 aromatic heterocycles. The van der Waals surface area contributed by atoms with Crippen LogP contribution in [0.1, 0.15) is 43.4 Å². The van der Waals surface area contributed by atoms with Crippen LogP contribution in [0.2, 0.25) is 0 Å². The van der Waals surface area contributed by atoms with Gasteiger partial charge in [-0.15, -0.1) is 0 Å². The molecule has 0 bridgehead atoms. The summed E-state index contributed by atoms with van der Waals surface area (Å²) >= 11 is 0. The molecular formula is C34H39N5O3. The van der Waals surface area contributed by atoms with Crippen LogP contribution in [0, 0.1) is 13.8 Å². The maximum atomic E-state index is 13.2. The Morgan fingerprint density at radius 3 is 2.19 bits per heavy atom. The first kappa shape index (κ1) is 29.0. The zero-order chi connectivity index (χ0) is 29.6. The molecule has 1 aliphatic rings. The predicted octanol–water partition coefficient (Wildman–Crippen LogP) is 5.47. The Kier molecular flexibility index (Phi) is 8.93. The molecule has 3 aromatic carbocycles. The van der Waals surface area contributed by atoms with Crippen molar-refractivity contribution >= 4 is 28.9 Å². The fourth-order valence-electron chi connectivity index (χ4n) is 5.39. The van der Waals surface area contributed by atoms with Gasteiger partial charge in [-0.05, 0) is 81.0 Å². The van der Waals surface area contributed by atoms with Crippen LogP contribution in [0.25, 0.3) is 0 Å². The predicted molar refractivity (Wildman–Crippen MR) is 168 cm³/mol. The molecule has 0 saturated carbocycles. The number of nitrogens with zero attached hydrogens (tertiary/aromatic N) is 3. The molecule has 218 valence electrons. The summed E-state index contributed by atoms with van der Waals surface area (Å²) in [4.78, 5) is 33.1. The van der Waals surface area contributed by atoms with Crippen molar-refractivity contribution in [2.45, 2.75) is 26.9 Å². The second-order valence-corrected chi connectivity index (χ2v) is 11.1. The zero-order valence-electron chi connectivity index (χ0n) is 24.8. The highest BCUT2D eigenvalue weighted by molar-refractivity contribution is 6.05. The average Bonchev–Trinajstić information content (AvgIpc) is 3.42. The lowest BCUT2D eigenvalue weighted by Crippen LogP contribution is -2.47. The summed E-state index contributed by atoms with van der Waals surface area (Å²) in [5.41, 5.74) is 6.67. The first-order valence-corrected chi connectivity index (χ1v) is 14.3. The highest BCUT2D eigenvalue weighted by Crippen LogP contribution is 2.30. The minimum atomic E-state index is -0.349. The van der Waals surface area contributed by atoms with Crippen LogP contribution in [-0.4, -0.2) is 57.0 Å². The van der Waals surface area contributed by atoms with Crippen molar-refractivity contribution in [2.24, 2.45) is 0 Å². The molecule has 1 fully saturated rings. The number of hydrogen-bond acceptors (Lipinski definition) is 6. The molecule has 2 N–H and O–H groups in total. The summed E-state index contributed by atoms with van der Waals surface area (Å²) in [6, 6.07) is 25.6. The van der Waals surface area contributed by atoms with Crippen molar-refractivity contribution in [3.05, 3.63) is 113 Å². The molecule has 0 atom stereocenters. The number of furan rings is 1. The van der Waals surface area contributed by atoms with E-state index in [1.807, 2.05) is 38.4 Å². The smallest absolute Gasteiger partial charge is 0.291 e. The molecule has 0 radical (unpaired) electrons. The van der Waals surface area contributed by atoms with E-state index in [0.29, 0.717) is 23.6 Å². The molecule has 1 aliphatic heterocycles. The Hall–Kier alpha value is -4.56. The van der Waals surface area contributed by atoms with E-state index in [1.54, 1.807) is 25.1 Å². The first-order valence-electron chi connectivity index (χ1n) is 14.3. The quantitative estimate of drug-likeness (QED) is 0.280. The number of carbonyl (C=O) groups excluding carboxylic acids is 2. The maximum absolute atomic E-state index is 13.2. The highest BCUT2D eigenvalue weighted by Gasteiger charge is 2.23. The number of benzene rings is 3. The fraction of sp³-hybridized carbons (Fsp3) is 0.294. The molecule has 4 aromatic rings. The average molecular weight is 566 g/mol. The van der Waals surface area contributed by atoms with E-state index >= 15 is 0 Å². The third kappa shape index (κ3) is 7.01. The van der Waals surface area contributed by atoms with E-state index in [9.17, 15) is 9.59 Å². The van der Waals surface area contributed by atoms with Gasteiger partial charge in [0.25, 0.3) is 11.8 Å². The summed E-state index contributed by atoms with van der Waals surface area (Å²) in [5, 5.41) is 6.05. The van der Waals surface area contributed by atoms with Crippen molar-refractivity contribution < 1.29 is 14.0 Å². The van der Waals surface area contributed by atoms with Gasteiger partial charge in [-0.1, -0.05) is 42.5 Å². The minimum Gasteiger partial charge on any atom is -0.456 e. The third-order valence-corrected chi connectivity index (χ3v) is 7.49. The second kappa shape index (κ2) is 13.0. The lowest BCUT2D eigenvalue weighted by Gasteiger charge is -2.38. The summed E-state index contributed by atoms with van der Waals surface area (Å²) in [7, 11) is 4.07. The number of para-hydroxylation sites is 1. The van der Waals surface area contributed by atoms with Crippen molar-refractivity contribution in [3.8, 4) is 0 Å². The number of rotatable bonds is 9. The van der Waals surface area contributed by atoms with Gasteiger partial charge in [0, 0.05) is 50.5 Å². The van der Waals surface area contributed by atoms with Gasteiger partial charge in [-0.25, -0.2) is 0 Å². The molecule has 8 heteroatoms. The van der Waals surface area contributed by atoms with E-state index in [-0.39, 0.29) is 17.6 Å². The lowest BCUT2D eigenvalue weighted by molar-refractivity contribution is 0.0949. The van der Waals surface area contributed by atoms with Crippen molar-refractivity contribution in [1.29, 1.82) is 0 Å². The summed E-state index contributed by atoms with van der Waals surface area (Å²) in [6.07, 6.45) is 0. The normalized spacial score (nSPS) is 13.4. The fourth-order valence-corrected chi connectivity index (χ4v) is 5.39. The summed E-state index contributed by atoms with van der Waals surface area (Å²) < 4.78 is 5.56. The first-order chi connectivity index (χ1) is 20.3. The molecule has 0 unspecified atom stereocenters. The lowest BCUT2D eigenvalue weighted by atomic mass is 10.1. The SMILES string of the molecule is Cc1ccc(C(=O)Nc2cc(C(=O)NCc3cccc(CN(C)C)c3)ccc2N2CCN(c3ccccc3C)CC2)o1. The van der Waals surface area contributed by atoms with Crippen molar-refractivity contribution in [3.63, 3.8) is 0 Å². The summed E-state index contributed by atoms with van der Waals surface area (Å²) in [5.74, 6) is 0.345. The van der Waals surface area contributed by atoms with Crippen LogP contribution in [-0.2, 0) is 13.1 Å². The van der Waals surface area contributed by atoms with Crippen LogP contribution in [0.5, 0.6) is 0 Å². The van der Waals surface area contributed by atoms with Crippen LogP contribution >= 0.6 is 0 Å². The number of aryl methyl sites for hydroxylation is 2. The molecule has 0 aliphatic carbocycles. The molecule has 8 nitrogen and oxygen atoms in total. The van der Waals surface area contributed by atoms with E-state index in [1.165, 1.54) is 16.8 Å². The van der Waals surface area contributed by atoms with Gasteiger partial charge < -0.3 is 29.8 Å². The Balaban J connectivity index is 1.33. The number of nitrogens with one attached hydrogen (secondary N) is 2. The number of hydrogen-bond donors (Lipinski definition) is 2. The van der Waals surface area contributed by atoms with Gasteiger partial charge in [0.15, 0.2) is 5.76 Å². The van der Waals surface area contributed by atoms with Crippen LogP contribution < -0.4 is 20.4 Å². The molecule has 5 rings (SSSR count). The zero-order valence-corrected chi connectivity index (χ0v) is 24.8. The van der Waals surface area contributed by atoms with Crippen LogP contribution in [0.4, 0.5) is 17.1 Å². The molecule has 1 saturated heterocycles. The number of anilines is 3. The van der Waals surface area contributed by atoms with E-state index < -0.39 is 0 Å². The van der Waals surface area contributed by atoms with Gasteiger partial charge in [-0.2, -0.15) is 0 Å². The molecular weight excluding hydrogens is 526 g/mol. The van der Waals surface area contributed by atoms with E-state index in [4.69, 9.17) is 4.42 Å². The topological polar surface area (TPSA) is 81.1 Å². The Labute approximate surface area is 247 Å². The van der Waals surface area contributed by atoms with Gasteiger partial charge in [0.05, 0.1) is 11.4 Å². The van der Waals surface area contributed by atoms with Gasteiger partial charge in [-0.3, -0.25) is 9.59 Å².